The first-order valence-corrected chi connectivity index (χ1v) is 4.70. The van der Waals surface area contributed by atoms with E-state index >= 15 is 0 Å². The molecule has 1 aromatic rings. The van der Waals surface area contributed by atoms with Crippen LogP contribution in [0, 0.1) is 5.41 Å². The second-order valence-electron chi connectivity index (χ2n) is 3.87. The molecule has 0 bridgehead atoms. The van der Waals surface area contributed by atoms with E-state index in [-0.39, 0.29) is 5.41 Å². The van der Waals surface area contributed by atoms with Gasteiger partial charge in [-0.3, -0.25) is 4.98 Å². The van der Waals surface area contributed by atoms with Gasteiger partial charge in [-0.25, -0.2) is 0 Å². The van der Waals surface area contributed by atoms with Gasteiger partial charge < -0.3 is 4.79 Å². The third-order valence-electron chi connectivity index (χ3n) is 2.90. The van der Waals surface area contributed by atoms with Gasteiger partial charge in [-0.05, 0) is 37.0 Å². The molecule has 0 aliphatic heterocycles. The summed E-state index contributed by atoms with van der Waals surface area (Å²) in [5.74, 6) is 0. The molecule has 2 rings (SSSR count). The van der Waals surface area contributed by atoms with E-state index in [9.17, 15) is 4.79 Å². The van der Waals surface area contributed by atoms with Crippen molar-refractivity contribution in [2.45, 2.75) is 25.7 Å². The largest absolute Gasteiger partial charge is 0.303 e. The average molecular weight is 175 g/mol. The van der Waals surface area contributed by atoms with Crippen LogP contribution in [0.3, 0.4) is 0 Å². The number of pyridine rings is 1. The van der Waals surface area contributed by atoms with Crippen LogP contribution >= 0.6 is 0 Å². The van der Waals surface area contributed by atoms with Crippen molar-refractivity contribution >= 4 is 6.29 Å². The van der Waals surface area contributed by atoms with Crippen molar-refractivity contribution < 1.29 is 4.79 Å². The lowest BCUT2D eigenvalue weighted by atomic mass is 9.66. The molecule has 0 spiro atoms. The predicted molar refractivity (Wildman–Crippen MR) is 50.3 cm³/mol. The standard InChI is InChI=1S/C11H13NO/c13-9-11(4-1-5-11)8-10-2-6-12-7-3-10/h2-3,6-7,9H,1,4-5,8H2. The van der Waals surface area contributed by atoms with Crippen LogP contribution in [-0.2, 0) is 11.2 Å². The summed E-state index contributed by atoms with van der Waals surface area (Å²) < 4.78 is 0. The minimum atomic E-state index is -0.0403. The quantitative estimate of drug-likeness (QED) is 0.657. The topological polar surface area (TPSA) is 30.0 Å². The van der Waals surface area contributed by atoms with Crippen LogP contribution < -0.4 is 0 Å². The van der Waals surface area contributed by atoms with Crippen molar-refractivity contribution in [3.05, 3.63) is 30.1 Å². The number of rotatable bonds is 3. The third-order valence-corrected chi connectivity index (χ3v) is 2.90. The molecular formula is C11H13NO. The summed E-state index contributed by atoms with van der Waals surface area (Å²) in [5, 5.41) is 0. The Bertz CT molecular complexity index is 290. The van der Waals surface area contributed by atoms with Crippen molar-refractivity contribution in [3.63, 3.8) is 0 Å². The number of hydrogen-bond donors (Lipinski definition) is 0. The Morgan fingerprint density at radius 1 is 1.38 bits per heavy atom. The van der Waals surface area contributed by atoms with Gasteiger partial charge in [0.25, 0.3) is 0 Å². The van der Waals surface area contributed by atoms with Crippen LogP contribution in [0.2, 0.25) is 0 Å². The molecule has 1 aliphatic rings. The van der Waals surface area contributed by atoms with Gasteiger partial charge in [0, 0.05) is 17.8 Å². The van der Waals surface area contributed by atoms with Crippen molar-refractivity contribution in [1.29, 1.82) is 0 Å². The molecule has 0 unspecified atom stereocenters. The number of aldehydes is 1. The molecule has 0 amide bonds. The highest BCUT2D eigenvalue weighted by atomic mass is 16.1. The first-order valence-electron chi connectivity index (χ1n) is 4.70. The molecule has 13 heavy (non-hydrogen) atoms. The maximum Gasteiger partial charge on any atom is 0.126 e. The van der Waals surface area contributed by atoms with E-state index in [0.717, 1.165) is 25.5 Å². The molecule has 2 heteroatoms. The van der Waals surface area contributed by atoms with Crippen LogP contribution in [0.15, 0.2) is 24.5 Å². The fraction of sp³-hybridized carbons (Fsp3) is 0.455. The molecule has 0 aromatic carbocycles. The first kappa shape index (κ1) is 8.42. The van der Waals surface area contributed by atoms with E-state index in [0.29, 0.717) is 0 Å². The van der Waals surface area contributed by atoms with E-state index in [2.05, 4.69) is 4.98 Å². The van der Waals surface area contributed by atoms with Crippen molar-refractivity contribution in [2.75, 3.05) is 0 Å². The van der Waals surface area contributed by atoms with Crippen LogP contribution in [-0.4, -0.2) is 11.3 Å². The van der Waals surface area contributed by atoms with Crippen LogP contribution in [0.1, 0.15) is 24.8 Å². The van der Waals surface area contributed by atoms with Crippen molar-refractivity contribution in [1.82, 2.24) is 4.98 Å². The predicted octanol–water partition coefficient (Wildman–Crippen LogP) is 1.99. The molecule has 0 radical (unpaired) electrons. The number of hydrogen-bond acceptors (Lipinski definition) is 2. The van der Waals surface area contributed by atoms with E-state index in [1.54, 1.807) is 12.4 Å². The van der Waals surface area contributed by atoms with Crippen molar-refractivity contribution in [3.8, 4) is 0 Å². The van der Waals surface area contributed by atoms with Crippen molar-refractivity contribution in [2.24, 2.45) is 5.41 Å². The molecule has 0 atom stereocenters. The number of carbonyl (C=O) groups excluding carboxylic acids is 1. The molecule has 1 heterocycles. The molecule has 1 fully saturated rings. The fourth-order valence-electron chi connectivity index (χ4n) is 1.87. The lowest BCUT2D eigenvalue weighted by Crippen LogP contribution is -2.33. The highest BCUT2D eigenvalue weighted by Gasteiger charge is 2.36. The molecule has 1 aromatic heterocycles. The Kier molecular flexibility index (Phi) is 2.13. The molecule has 2 nitrogen and oxygen atoms in total. The highest BCUT2D eigenvalue weighted by molar-refractivity contribution is 5.61. The third kappa shape index (κ3) is 1.62. The lowest BCUT2D eigenvalue weighted by Gasteiger charge is -2.36. The maximum atomic E-state index is 10.9. The zero-order valence-corrected chi connectivity index (χ0v) is 7.57. The Morgan fingerprint density at radius 3 is 2.54 bits per heavy atom. The van der Waals surface area contributed by atoms with Crippen LogP contribution in [0.5, 0.6) is 0 Å². The second-order valence-corrected chi connectivity index (χ2v) is 3.87. The minimum absolute atomic E-state index is 0.0403. The summed E-state index contributed by atoms with van der Waals surface area (Å²) in [6, 6.07) is 3.98. The molecule has 0 N–H and O–H groups in total. The number of aromatic nitrogens is 1. The number of nitrogens with zero attached hydrogens (tertiary/aromatic N) is 1. The summed E-state index contributed by atoms with van der Waals surface area (Å²) in [6.07, 6.45) is 8.90. The maximum absolute atomic E-state index is 10.9. The average Bonchev–Trinajstić information content (AvgIpc) is 2.13. The van der Waals surface area contributed by atoms with Gasteiger partial charge >= 0.3 is 0 Å². The van der Waals surface area contributed by atoms with E-state index in [4.69, 9.17) is 0 Å². The SMILES string of the molecule is O=CC1(Cc2ccncc2)CCC1. The Hall–Kier alpha value is -1.18. The van der Waals surface area contributed by atoms with E-state index in [1.807, 2.05) is 12.1 Å². The zero-order chi connectivity index (χ0) is 9.15. The minimum Gasteiger partial charge on any atom is -0.303 e. The molecule has 1 aliphatic carbocycles. The molecule has 1 saturated carbocycles. The van der Waals surface area contributed by atoms with Gasteiger partial charge in [-0.15, -0.1) is 0 Å². The Labute approximate surface area is 78.0 Å². The molecule has 0 saturated heterocycles. The fourth-order valence-corrected chi connectivity index (χ4v) is 1.87. The second kappa shape index (κ2) is 3.29. The summed E-state index contributed by atoms with van der Waals surface area (Å²) in [6.45, 7) is 0. The Balaban J connectivity index is 2.09. The molecule has 68 valence electrons. The summed E-state index contributed by atoms with van der Waals surface area (Å²) in [5.41, 5.74) is 1.18. The summed E-state index contributed by atoms with van der Waals surface area (Å²) >= 11 is 0. The van der Waals surface area contributed by atoms with Gasteiger partial charge in [0.2, 0.25) is 0 Å². The summed E-state index contributed by atoms with van der Waals surface area (Å²) in [4.78, 5) is 14.9. The first-order chi connectivity index (χ1) is 6.35. The normalized spacial score (nSPS) is 19.1. The Morgan fingerprint density at radius 2 is 2.08 bits per heavy atom. The van der Waals surface area contributed by atoms with E-state index in [1.165, 1.54) is 12.0 Å². The van der Waals surface area contributed by atoms with Gasteiger partial charge in [-0.1, -0.05) is 6.42 Å². The van der Waals surface area contributed by atoms with Gasteiger partial charge in [0.1, 0.15) is 6.29 Å². The summed E-state index contributed by atoms with van der Waals surface area (Å²) in [7, 11) is 0. The lowest BCUT2D eigenvalue weighted by molar-refractivity contribution is -0.120. The van der Waals surface area contributed by atoms with Gasteiger partial charge in [0.15, 0.2) is 0 Å². The van der Waals surface area contributed by atoms with Gasteiger partial charge in [0.05, 0.1) is 0 Å². The smallest absolute Gasteiger partial charge is 0.126 e. The van der Waals surface area contributed by atoms with E-state index < -0.39 is 0 Å². The van der Waals surface area contributed by atoms with Crippen LogP contribution in [0.4, 0.5) is 0 Å². The van der Waals surface area contributed by atoms with Gasteiger partial charge in [-0.2, -0.15) is 0 Å². The van der Waals surface area contributed by atoms with Crippen LogP contribution in [0.25, 0.3) is 0 Å². The zero-order valence-electron chi connectivity index (χ0n) is 7.57. The number of carbonyl (C=O) groups is 1. The monoisotopic (exact) mass is 175 g/mol. The highest BCUT2D eigenvalue weighted by Crippen LogP contribution is 2.41. The molecular weight excluding hydrogens is 162 g/mol.